The minimum absolute atomic E-state index is 0.280. The van der Waals surface area contributed by atoms with E-state index in [2.05, 4.69) is 4.74 Å². The van der Waals surface area contributed by atoms with Crippen LogP contribution >= 0.6 is 0 Å². The molecular weight excluding hydrogens is 108 g/mol. The molecule has 1 spiro atoms. The Morgan fingerprint density at radius 1 is 1.75 bits per heavy atom. The number of carbonyl (C=O) groups excluding carboxylic acids is 1. The quantitative estimate of drug-likeness (QED) is 0.322. The number of ether oxygens (including phenoxy) is 2. The van der Waals surface area contributed by atoms with Crippen molar-refractivity contribution in [2.45, 2.75) is 5.60 Å². The smallest absolute Gasteiger partial charge is 0.349 e. The molecule has 0 aliphatic carbocycles. The maximum atomic E-state index is 10.5. The second-order valence-corrected chi connectivity index (χ2v) is 1.89. The second-order valence-electron chi connectivity index (χ2n) is 1.89. The van der Waals surface area contributed by atoms with Gasteiger partial charge in [0.1, 0.15) is 0 Å². The fourth-order valence-electron chi connectivity index (χ4n) is 0.665. The van der Waals surface area contributed by atoms with E-state index in [-0.39, 0.29) is 5.97 Å². The molecule has 0 N–H and O–H groups in total. The van der Waals surface area contributed by atoms with Gasteiger partial charge in [-0.15, -0.1) is 0 Å². The van der Waals surface area contributed by atoms with E-state index in [1.54, 1.807) is 6.08 Å². The summed E-state index contributed by atoms with van der Waals surface area (Å²) >= 11 is 0. The van der Waals surface area contributed by atoms with Crippen LogP contribution in [0.1, 0.15) is 0 Å². The molecule has 0 aromatic rings. The molecule has 1 unspecified atom stereocenters. The molecule has 2 aliphatic heterocycles. The number of hydrogen-bond acceptors (Lipinski definition) is 3. The summed E-state index contributed by atoms with van der Waals surface area (Å²) < 4.78 is 9.29. The standard InChI is InChI=1S/C5H4O3/c6-4-5(3-8-5)1-2-7-4/h1-2H,3H2. The Kier molecular flexibility index (Phi) is 0.486. The first-order valence-electron chi connectivity index (χ1n) is 2.36. The number of esters is 1. The van der Waals surface area contributed by atoms with Crippen LogP contribution in [0.4, 0.5) is 0 Å². The Bertz CT molecular complexity index is 167. The predicted octanol–water partition coefficient (Wildman–Crippen LogP) is -0.174. The molecule has 3 nitrogen and oxygen atoms in total. The molecule has 2 heterocycles. The van der Waals surface area contributed by atoms with Gasteiger partial charge in [-0.05, 0) is 6.08 Å². The first-order chi connectivity index (χ1) is 3.83. The van der Waals surface area contributed by atoms with Crippen molar-refractivity contribution in [1.82, 2.24) is 0 Å². The number of cyclic esters (lactones) is 1. The molecule has 1 atom stereocenters. The van der Waals surface area contributed by atoms with Crippen molar-refractivity contribution in [2.24, 2.45) is 0 Å². The molecular formula is C5H4O3. The van der Waals surface area contributed by atoms with Crippen molar-refractivity contribution >= 4 is 5.97 Å². The molecule has 2 rings (SSSR count). The summed E-state index contributed by atoms with van der Waals surface area (Å²) in [6.45, 7) is 0.488. The van der Waals surface area contributed by atoms with Crippen LogP contribution in [0.3, 0.4) is 0 Å². The molecule has 1 saturated heterocycles. The van der Waals surface area contributed by atoms with Crippen LogP contribution in [0.5, 0.6) is 0 Å². The van der Waals surface area contributed by atoms with Crippen LogP contribution in [-0.4, -0.2) is 18.2 Å². The highest BCUT2D eigenvalue weighted by molar-refractivity contribution is 5.87. The van der Waals surface area contributed by atoms with Crippen molar-refractivity contribution in [3.05, 3.63) is 12.3 Å². The molecule has 8 heavy (non-hydrogen) atoms. The lowest BCUT2D eigenvalue weighted by atomic mass is 10.2. The summed E-state index contributed by atoms with van der Waals surface area (Å²) in [6.07, 6.45) is 3.00. The highest BCUT2D eigenvalue weighted by atomic mass is 16.6. The molecule has 42 valence electrons. The highest BCUT2D eigenvalue weighted by Gasteiger charge is 2.54. The van der Waals surface area contributed by atoms with Crippen LogP contribution in [-0.2, 0) is 14.3 Å². The Hall–Kier alpha value is -0.830. The lowest BCUT2D eigenvalue weighted by Crippen LogP contribution is -2.16. The van der Waals surface area contributed by atoms with Crippen molar-refractivity contribution < 1.29 is 14.3 Å². The number of rotatable bonds is 0. The molecule has 3 heteroatoms. The molecule has 0 aromatic heterocycles. The summed E-state index contributed by atoms with van der Waals surface area (Å²) in [5.74, 6) is -0.280. The van der Waals surface area contributed by atoms with E-state index in [4.69, 9.17) is 4.74 Å². The summed E-state index contributed by atoms with van der Waals surface area (Å²) in [5, 5.41) is 0. The van der Waals surface area contributed by atoms with E-state index >= 15 is 0 Å². The fourth-order valence-corrected chi connectivity index (χ4v) is 0.665. The minimum atomic E-state index is -0.639. The summed E-state index contributed by atoms with van der Waals surface area (Å²) in [7, 11) is 0. The topological polar surface area (TPSA) is 38.8 Å². The van der Waals surface area contributed by atoms with Gasteiger partial charge in [0.25, 0.3) is 0 Å². The van der Waals surface area contributed by atoms with Gasteiger partial charge in [0, 0.05) is 0 Å². The van der Waals surface area contributed by atoms with E-state index in [0.29, 0.717) is 6.61 Å². The maximum Gasteiger partial charge on any atom is 0.349 e. The van der Waals surface area contributed by atoms with Crippen molar-refractivity contribution in [1.29, 1.82) is 0 Å². The maximum absolute atomic E-state index is 10.5. The van der Waals surface area contributed by atoms with Gasteiger partial charge in [0.15, 0.2) is 0 Å². The van der Waals surface area contributed by atoms with E-state index < -0.39 is 5.60 Å². The number of epoxide rings is 1. The predicted molar refractivity (Wildman–Crippen MR) is 23.9 cm³/mol. The normalized spacial score (nSPS) is 40.8. The van der Waals surface area contributed by atoms with E-state index in [0.717, 1.165) is 0 Å². The Balaban J connectivity index is 2.35. The minimum Gasteiger partial charge on any atom is -0.432 e. The van der Waals surface area contributed by atoms with Crippen LogP contribution < -0.4 is 0 Å². The lowest BCUT2D eigenvalue weighted by Gasteiger charge is -1.89. The van der Waals surface area contributed by atoms with Gasteiger partial charge in [0.05, 0.1) is 12.9 Å². The van der Waals surface area contributed by atoms with Gasteiger partial charge < -0.3 is 9.47 Å². The second kappa shape index (κ2) is 0.951. The highest BCUT2D eigenvalue weighted by Crippen LogP contribution is 2.33. The van der Waals surface area contributed by atoms with Gasteiger partial charge in [-0.1, -0.05) is 0 Å². The molecule has 1 fully saturated rings. The number of hydrogen-bond donors (Lipinski definition) is 0. The third-order valence-electron chi connectivity index (χ3n) is 1.31. The Morgan fingerprint density at radius 2 is 2.50 bits per heavy atom. The van der Waals surface area contributed by atoms with Crippen LogP contribution in [0.15, 0.2) is 12.3 Å². The van der Waals surface area contributed by atoms with Crippen LogP contribution in [0, 0.1) is 0 Å². The van der Waals surface area contributed by atoms with Gasteiger partial charge in [0.2, 0.25) is 5.60 Å². The first-order valence-corrected chi connectivity index (χ1v) is 2.36. The van der Waals surface area contributed by atoms with E-state index in [9.17, 15) is 4.79 Å². The van der Waals surface area contributed by atoms with Gasteiger partial charge in [-0.2, -0.15) is 0 Å². The Morgan fingerprint density at radius 3 is 2.75 bits per heavy atom. The lowest BCUT2D eigenvalue weighted by molar-refractivity contribution is -0.139. The van der Waals surface area contributed by atoms with Crippen molar-refractivity contribution in [3.63, 3.8) is 0 Å². The summed E-state index contributed by atoms with van der Waals surface area (Å²) in [6, 6.07) is 0. The SMILES string of the molecule is O=C1OC=CC12CO2. The molecule has 0 amide bonds. The largest absolute Gasteiger partial charge is 0.432 e. The monoisotopic (exact) mass is 112 g/mol. The van der Waals surface area contributed by atoms with Crippen LogP contribution in [0.25, 0.3) is 0 Å². The molecule has 2 aliphatic rings. The molecule has 0 aromatic carbocycles. The van der Waals surface area contributed by atoms with E-state index in [1.165, 1.54) is 6.26 Å². The zero-order valence-corrected chi connectivity index (χ0v) is 4.09. The average molecular weight is 112 g/mol. The average Bonchev–Trinajstić information content (AvgIpc) is 2.39. The molecule has 0 saturated carbocycles. The third kappa shape index (κ3) is 0.305. The van der Waals surface area contributed by atoms with Gasteiger partial charge in [-0.25, -0.2) is 4.79 Å². The fraction of sp³-hybridized carbons (Fsp3) is 0.400. The molecule has 0 bridgehead atoms. The first kappa shape index (κ1) is 4.09. The van der Waals surface area contributed by atoms with Crippen molar-refractivity contribution in [2.75, 3.05) is 6.61 Å². The molecule has 0 radical (unpaired) electrons. The van der Waals surface area contributed by atoms with Crippen molar-refractivity contribution in [3.8, 4) is 0 Å². The van der Waals surface area contributed by atoms with E-state index in [1.807, 2.05) is 0 Å². The summed E-state index contributed by atoms with van der Waals surface area (Å²) in [5.41, 5.74) is -0.639. The third-order valence-corrected chi connectivity index (χ3v) is 1.31. The number of carbonyl (C=O) groups is 1. The van der Waals surface area contributed by atoms with Crippen LogP contribution in [0.2, 0.25) is 0 Å². The summed E-state index contributed by atoms with van der Waals surface area (Å²) in [4.78, 5) is 10.5. The van der Waals surface area contributed by atoms with Gasteiger partial charge in [-0.3, -0.25) is 0 Å². The Labute approximate surface area is 45.9 Å². The zero-order valence-electron chi connectivity index (χ0n) is 4.09. The zero-order chi connectivity index (χ0) is 5.61. The van der Waals surface area contributed by atoms with Gasteiger partial charge >= 0.3 is 5.97 Å².